The van der Waals surface area contributed by atoms with Crippen molar-refractivity contribution in [1.82, 2.24) is 10.6 Å². The van der Waals surface area contributed by atoms with Crippen molar-refractivity contribution in [3.8, 4) is 0 Å². The lowest BCUT2D eigenvalue weighted by molar-refractivity contribution is -0.150. The maximum atomic E-state index is 12.8. The van der Waals surface area contributed by atoms with E-state index in [-0.39, 0.29) is 30.9 Å². The Kier molecular flexibility index (Phi) is 36.6. The summed E-state index contributed by atoms with van der Waals surface area (Å²) in [7, 11) is 0. The summed E-state index contributed by atoms with van der Waals surface area (Å²) in [6, 6.07) is -1.38. The Morgan fingerprint density at radius 3 is 1.66 bits per heavy atom. The molecule has 0 aromatic carbocycles. The quantitative estimate of drug-likeness (QED) is 0.0280. The minimum Gasteiger partial charge on any atom is -0.480 e. The van der Waals surface area contributed by atoms with Crippen molar-refractivity contribution < 1.29 is 34.1 Å². The summed E-state index contributed by atoms with van der Waals surface area (Å²) in [4.78, 5) is 47.5. The molecule has 0 fully saturated rings. The number of allylic oxidation sites excluding steroid dienone is 6. The van der Waals surface area contributed by atoms with Crippen molar-refractivity contribution in [2.24, 2.45) is 0 Å². The Labute approximate surface area is 323 Å². The van der Waals surface area contributed by atoms with Gasteiger partial charge in [-0.1, -0.05) is 134 Å². The van der Waals surface area contributed by atoms with E-state index in [9.17, 15) is 19.2 Å². The van der Waals surface area contributed by atoms with E-state index in [1.165, 1.54) is 70.6 Å². The number of unbranched alkanes of at least 4 members (excludes halogenated alkanes) is 18. The molecule has 4 N–H and O–H groups in total. The molecule has 0 aromatic heterocycles. The third kappa shape index (κ3) is 35.8. The molecule has 0 aliphatic rings. The van der Waals surface area contributed by atoms with Crippen molar-refractivity contribution in [3.63, 3.8) is 0 Å². The lowest BCUT2D eigenvalue weighted by Crippen LogP contribution is -2.47. The van der Waals surface area contributed by atoms with Gasteiger partial charge in [-0.2, -0.15) is 0 Å². The number of aliphatic carboxylic acids is 1. The Morgan fingerprint density at radius 1 is 0.566 bits per heavy atom. The highest BCUT2D eigenvalue weighted by atomic mass is 16.5. The van der Waals surface area contributed by atoms with Crippen molar-refractivity contribution in [2.45, 2.75) is 206 Å². The topological polar surface area (TPSA) is 142 Å². The summed E-state index contributed by atoms with van der Waals surface area (Å²) < 4.78 is 6.00. The summed E-state index contributed by atoms with van der Waals surface area (Å²) in [5, 5.41) is 22.5. The second-order valence-corrected chi connectivity index (χ2v) is 14.4. The highest BCUT2D eigenvalue weighted by molar-refractivity contribution is 5.87. The molecule has 0 saturated heterocycles. The Hall–Kier alpha value is -2.94. The van der Waals surface area contributed by atoms with Gasteiger partial charge in [0.05, 0.1) is 13.2 Å². The number of aliphatic hydroxyl groups excluding tert-OH is 1. The summed E-state index contributed by atoms with van der Waals surface area (Å²) in [5.74, 6) is -2.33. The van der Waals surface area contributed by atoms with Crippen LogP contribution in [0.3, 0.4) is 0 Å². The lowest BCUT2D eigenvalue weighted by atomic mass is 10.0. The molecule has 2 amide bonds. The van der Waals surface area contributed by atoms with Crippen LogP contribution >= 0.6 is 0 Å². The number of carbonyl (C=O) groups is 4. The van der Waals surface area contributed by atoms with Crippen LogP contribution in [0.2, 0.25) is 0 Å². The molecule has 0 aliphatic carbocycles. The van der Waals surface area contributed by atoms with E-state index >= 15 is 0 Å². The number of hydrogen-bond acceptors (Lipinski definition) is 6. The van der Waals surface area contributed by atoms with Gasteiger partial charge in [-0.05, 0) is 83.5 Å². The first-order chi connectivity index (χ1) is 25.8. The number of aliphatic hydroxyl groups is 1. The number of carboxylic acid groups (broad SMARTS) is 1. The molecule has 0 aromatic rings. The Bertz CT molecular complexity index is 994. The zero-order valence-electron chi connectivity index (χ0n) is 33.8. The van der Waals surface area contributed by atoms with Crippen molar-refractivity contribution in [1.29, 1.82) is 0 Å². The largest absolute Gasteiger partial charge is 0.480 e. The Balaban J connectivity index is 4.36. The average molecular weight is 747 g/mol. The predicted molar refractivity (Wildman–Crippen MR) is 218 cm³/mol. The summed E-state index contributed by atoms with van der Waals surface area (Å²) in [6.07, 6.45) is 43.1. The van der Waals surface area contributed by atoms with Crippen LogP contribution in [0.4, 0.5) is 0 Å². The summed E-state index contributed by atoms with van der Waals surface area (Å²) in [5.41, 5.74) is 0. The maximum Gasteiger partial charge on any atom is 0.328 e. The van der Waals surface area contributed by atoms with E-state index in [1.54, 1.807) is 0 Å². The number of ether oxygens (including phenoxy) is 1. The van der Waals surface area contributed by atoms with Crippen molar-refractivity contribution in [2.75, 3.05) is 13.2 Å². The molecule has 0 bridgehead atoms. The van der Waals surface area contributed by atoms with Gasteiger partial charge in [-0.3, -0.25) is 14.4 Å². The van der Waals surface area contributed by atoms with E-state index in [0.717, 1.165) is 89.9 Å². The molecule has 0 rings (SSSR count). The molecule has 53 heavy (non-hydrogen) atoms. The monoisotopic (exact) mass is 747 g/mol. The molecule has 9 nitrogen and oxygen atoms in total. The first kappa shape index (κ1) is 50.1. The zero-order valence-corrected chi connectivity index (χ0v) is 33.8. The molecular weight excluding hydrogens is 668 g/mol. The fourth-order valence-corrected chi connectivity index (χ4v) is 6.03. The van der Waals surface area contributed by atoms with E-state index in [2.05, 4.69) is 60.9 Å². The van der Waals surface area contributed by atoms with Crippen LogP contribution in [0.5, 0.6) is 0 Å². The van der Waals surface area contributed by atoms with Gasteiger partial charge in [0, 0.05) is 12.8 Å². The Morgan fingerprint density at radius 2 is 1.06 bits per heavy atom. The third-order valence-corrected chi connectivity index (χ3v) is 9.36. The number of nitrogens with one attached hydrogen (secondary N) is 2. The number of hydrogen-bond donors (Lipinski definition) is 4. The maximum absolute atomic E-state index is 12.8. The minimum absolute atomic E-state index is 0.0498. The van der Waals surface area contributed by atoms with Gasteiger partial charge < -0.3 is 25.6 Å². The number of esters is 1. The van der Waals surface area contributed by atoms with Crippen LogP contribution in [-0.4, -0.2) is 59.3 Å². The molecule has 2 unspecified atom stereocenters. The first-order valence-electron chi connectivity index (χ1n) is 21.4. The van der Waals surface area contributed by atoms with Gasteiger partial charge in [0.2, 0.25) is 11.8 Å². The normalized spacial score (nSPS) is 12.8. The molecule has 306 valence electrons. The molecule has 0 radical (unpaired) electrons. The lowest BCUT2D eigenvalue weighted by Gasteiger charge is -2.18. The highest BCUT2D eigenvalue weighted by Crippen LogP contribution is 2.18. The second-order valence-electron chi connectivity index (χ2n) is 14.4. The predicted octanol–water partition coefficient (Wildman–Crippen LogP) is 10.2. The highest BCUT2D eigenvalue weighted by Gasteiger charge is 2.19. The van der Waals surface area contributed by atoms with Crippen LogP contribution in [0, 0.1) is 0 Å². The molecule has 0 aliphatic heterocycles. The van der Waals surface area contributed by atoms with E-state index < -0.39 is 24.5 Å². The fraction of sp³-hybridized carbons (Fsp3) is 0.773. The zero-order chi connectivity index (χ0) is 39.0. The summed E-state index contributed by atoms with van der Waals surface area (Å²) in [6.45, 7) is 3.43. The first-order valence-corrected chi connectivity index (χ1v) is 21.4. The standard InChI is InChI=1S/C44H78N2O7/c1-3-5-7-9-11-13-15-16-17-19-21-23-28-32-36-43(50)53-39(33-29-25-22-20-18-14-12-10-8-6-4-2)34-30-26-24-27-31-35-41(48)45-37-42(49)46-40(38-47)44(51)52/h9,11,15-16,20,22,39-40,47H,3-8,10,12-14,17-19,21,23-38H2,1-2H3,(H,45,48)(H,46,49)(H,51,52)/b11-9-,16-15-,22-20-. The molecule has 9 heteroatoms. The molecular formula is C44H78N2O7. The van der Waals surface area contributed by atoms with Gasteiger partial charge in [0.1, 0.15) is 12.1 Å². The SMILES string of the molecule is CCCC/C=C\C/C=C\CCCCCCCC(=O)OC(CCC/C=C\CCCCCCCC)CCCCCCCC(=O)NCC(=O)NC(CO)C(=O)O. The van der Waals surface area contributed by atoms with Crippen LogP contribution in [-0.2, 0) is 23.9 Å². The molecule has 0 saturated carbocycles. The van der Waals surface area contributed by atoms with Gasteiger partial charge in [0.25, 0.3) is 0 Å². The van der Waals surface area contributed by atoms with Gasteiger partial charge in [0.15, 0.2) is 0 Å². The molecule has 2 atom stereocenters. The number of amides is 2. The van der Waals surface area contributed by atoms with Crippen molar-refractivity contribution in [3.05, 3.63) is 36.5 Å². The number of carboxylic acids is 1. The van der Waals surface area contributed by atoms with E-state index in [4.69, 9.17) is 14.9 Å². The van der Waals surface area contributed by atoms with Crippen LogP contribution in [0.1, 0.15) is 194 Å². The summed E-state index contributed by atoms with van der Waals surface area (Å²) >= 11 is 0. The smallest absolute Gasteiger partial charge is 0.328 e. The number of rotatable bonds is 38. The fourth-order valence-electron chi connectivity index (χ4n) is 6.03. The van der Waals surface area contributed by atoms with Gasteiger partial charge >= 0.3 is 11.9 Å². The van der Waals surface area contributed by atoms with Crippen LogP contribution in [0.15, 0.2) is 36.5 Å². The minimum atomic E-state index is -1.38. The van der Waals surface area contributed by atoms with E-state index in [0.29, 0.717) is 12.8 Å². The molecule has 0 spiro atoms. The average Bonchev–Trinajstić information content (AvgIpc) is 3.14. The second kappa shape index (κ2) is 38.8. The van der Waals surface area contributed by atoms with Gasteiger partial charge in [-0.15, -0.1) is 0 Å². The van der Waals surface area contributed by atoms with E-state index in [1.807, 2.05) is 0 Å². The van der Waals surface area contributed by atoms with Crippen LogP contribution in [0.25, 0.3) is 0 Å². The van der Waals surface area contributed by atoms with Gasteiger partial charge in [-0.25, -0.2) is 4.79 Å². The van der Waals surface area contributed by atoms with Crippen LogP contribution < -0.4 is 10.6 Å². The number of carbonyl (C=O) groups excluding carboxylic acids is 3. The third-order valence-electron chi connectivity index (χ3n) is 9.36. The van der Waals surface area contributed by atoms with Crippen molar-refractivity contribution >= 4 is 23.8 Å². The molecule has 0 heterocycles.